The molecule has 2 aromatic heterocycles. The van der Waals surface area contributed by atoms with E-state index in [1.807, 2.05) is 0 Å². The van der Waals surface area contributed by atoms with Gasteiger partial charge in [0.1, 0.15) is 5.82 Å². The third-order valence-electron chi connectivity index (χ3n) is 4.01. The molecule has 0 aliphatic heterocycles. The molecule has 0 fully saturated rings. The number of aromatic amines is 1. The molecule has 2 heterocycles. The van der Waals surface area contributed by atoms with Crippen LogP contribution in [0.15, 0.2) is 60.9 Å². The smallest absolute Gasteiger partial charge is 0.257 e. The van der Waals surface area contributed by atoms with Crippen LogP contribution in [0.3, 0.4) is 0 Å². The van der Waals surface area contributed by atoms with Crippen molar-refractivity contribution in [2.45, 2.75) is 0 Å². The van der Waals surface area contributed by atoms with Crippen LogP contribution in [0.4, 0.5) is 5.69 Å². The standard InChI is InChI=1S/C20H12ClN5O/c21-16-5-4-14(24-20(27)13-2-1-7-23-11-13)9-15(16)19-25-17-6-3-12(10-22)8-18(17)26-19/h1-9,11H,(H,24,27)(H,25,26). The summed E-state index contributed by atoms with van der Waals surface area (Å²) in [6.45, 7) is 0. The van der Waals surface area contributed by atoms with Crippen molar-refractivity contribution in [2.24, 2.45) is 0 Å². The van der Waals surface area contributed by atoms with Gasteiger partial charge in [-0.25, -0.2) is 4.98 Å². The number of pyridine rings is 1. The Kier molecular flexibility index (Phi) is 4.29. The molecule has 0 atom stereocenters. The number of imidazole rings is 1. The average Bonchev–Trinajstić information content (AvgIpc) is 3.13. The number of nitriles is 1. The highest BCUT2D eigenvalue weighted by Crippen LogP contribution is 2.30. The third kappa shape index (κ3) is 3.36. The molecule has 130 valence electrons. The second kappa shape index (κ2) is 6.90. The highest BCUT2D eigenvalue weighted by Gasteiger charge is 2.12. The fourth-order valence-corrected chi connectivity index (χ4v) is 2.90. The van der Waals surface area contributed by atoms with Gasteiger partial charge in [-0.05, 0) is 48.5 Å². The Labute approximate surface area is 159 Å². The zero-order valence-electron chi connectivity index (χ0n) is 13.9. The Morgan fingerprint density at radius 2 is 2.07 bits per heavy atom. The van der Waals surface area contributed by atoms with Gasteiger partial charge in [-0.1, -0.05) is 11.6 Å². The second-order valence-electron chi connectivity index (χ2n) is 5.82. The molecule has 2 aromatic carbocycles. The number of amides is 1. The van der Waals surface area contributed by atoms with Gasteiger partial charge in [0, 0.05) is 23.6 Å². The number of benzene rings is 2. The van der Waals surface area contributed by atoms with Gasteiger partial charge in [-0.15, -0.1) is 0 Å². The van der Waals surface area contributed by atoms with Gasteiger partial charge >= 0.3 is 0 Å². The van der Waals surface area contributed by atoms with Crippen LogP contribution in [0.2, 0.25) is 5.02 Å². The van der Waals surface area contributed by atoms with Crippen LogP contribution in [0.25, 0.3) is 22.4 Å². The van der Waals surface area contributed by atoms with Crippen LogP contribution in [0.1, 0.15) is 15.9 Å². The maximum atomic E-state index is 12.3. The summed E-state index contributed by atoms with van der Waals surface area (Å²) >= 11 is 6.34. The van der Waals surface area contributed by atoms with Gasteiger partial charge in [0.25, 0.3) is 5.91 Å². The minimum Gasteiger partial charge on any atom is -0.338 e. The molecule has 0 radical (unpaired) electrons. The van der Waals surface area contributed by atoms with Crippen LogP contribution in [0.5, 0.6) is 0 Å². The average molecular weight is 374 g/mol. The van der Waals surface area contributed by atoms with Gasteiger partial charge in [0.15, 0.2) is 0 Å². The molecule has 4 aromatic rings. The van der Waals surface area contributed by atoms with E-state index in [1.54, 1.807) is 54.7 Å². The largest absolute Gasteiger partial charge is 0.338 e. The van der Waals surface area contributed by atoms with Crippen molar-refractivity contribution in [3.8, 4) is 17.5 Å². The van der Waals surface area contributed by atoms with Crippen molar-refractivity contribution in [2.75, 3.05) is 5.32 Å². The van der Waals surface area contributed by atoms with E-state index in [1.165, 1.54) is 6.20 Å². The lowest BCUT2D eigenvalue weighted by Crippen LogP contribution is -2.12. The van der Waals surface area contributed by atoms with Gasteiger partial charge in [0.05, 0.1) is 33.3 Å². The number of hydrogen-bond acceptors (Lipinski definition) is 4. The van der Waals surface area contributed by atoms with Crippen LogP contribution in [0, 0.1) is 11.3 Å². The molecule has 0 saturated heterocycles. The molecule has 0 unspecified atom stereocenters. The number of nitrogens with zero attached hydrogens (tertiary/aromatic N) is 3. The summed E-state index contributed by atoms with van der Waals surface area (Å²) in [4.78, 5) is 24.0. The molecule has 7 heteroatoms. The highest BCUT2D eigenvalue weighted by molar-refractivity contribution is 6.33. The van der Waals surface area contributed by atoms with Gasteiger partial charge in [-0.3, -0.25) is 9.78 Å². The van der Waals surface area contributed by atoms with Gasteiger partial charge in [0.2, 0.25) is 0 Å². The number of carbonyl (C=O) groups is 1. The molecule has 27 heavy (non-hydrogen) atoms. The summed E-state index contributed by atoms with van der Waals surface area (Å²) in [5.74, 6) is 0.294. The van der Waals surface area contributed by atoms with E-state index in [0.717, 1.165) is 11.0 Å². The molecule has 0 aliphatic rings. The molecule has 0 bridgehead atoms. The van der Waals surface area contributed by atoms with Gasteiger partial charge in [-0.2, -0.15) is 5.26 Å². The monoisotopic (exact) mass is 373 g/mol. The van der Waals surface area contributed by atoms with Crippen molar-refractivity contribution in [3.63, 3.8) is 0 Å². The normalized spacial score (nSPS) is 10.5. The minimum absolute atomic E-state index is 0.264. The number of hydrogen-bond donors (Lipinski definition) is 2. The highest BCUT2D eigenvalue weighted by atomic mass is 35.5. The Morgan fingerprint density at radius 1 is 1.19 bits per heavy atom. The SMILES string of the molecule is N#Cc1ccc2nc(-c3cc(NC(=O)c4cccnc4)ccc3Cl)[nH]c2c1. The van der Waals surface area contributed by atoms with E-state index < -0.39 is 0 Å². The molecule has 4 rings (SSSR count). The van der Waals surface area contributed by atoms with Crippen LogP contribution in [-0.2, 0) is 0 Å². The summed E-state index contributed by atoms with van der Waals surface area (Å²) in [7, 11) is 0. The van der Waals surface area contributed by atoms with E-state index in [9.17, 15) is 4.79 Å². The predicted octanol–water partition coefficient (Wildman–Crippen LogP) is 4.40. The quantitative estimate of drug-likeness (QED) is 0.556. The zero-order valence-corrected chi connectivity index (χ0v) is 14.7. The molecule has 1 amide bonds. The molecule has 2 N–H and O–H groups in total. The summed E-state index contributed by atoms with van der Waals surface area (Å²) < 4.78 is 0. The number of H-pyrrole nitrogens is 1. The van der Waals surface area contributed by atoms with E-state index in [4.69, 9.17) is 16.9 Å². The molecule has 6 nitrogen and oxygen atoms in total. The first-order valence-corrected chi connectivity index (χ1v) is 8.43. The van der Waals surface area contributed by atoms with Crippen LogP contribution in [-0.4, -0.2) is 20.9 Å². The first kappa shape index (κ1) is 16.8. The molecule has 0 spiro atoms. The van der Waals surface area contributed by atoms with E-state index in [-0.39, 0.29) is 5.91 Å². The van der Waals surface area contributed by atoms with Crippen molar-refractivity contribution in [1.82, 2.24) is 15.0 Å². The minimum atomic E-state index is -0.264. The fraction of sp³-hybridized carbons (Fsp3) is 0. The number of aromatic nitrogens is 3. The Bertz CT molecular complexity index is 1190. The summed E-state index contributed by atoms with van der Waals surface area (Å²) in [5.41, 5.74) is 3.70. The number of nitrogens with one attached hydrogen (secondary N) is 2. The maximum Gasteiger partial charge on any atom is 0.257 e. The Morgan fingerprint density at radius 3 is 2.85 bits per heavy atom. The van der Waals surface area contributed by atoms with E-state index in [0.29, 0.717) is 33.2 Å². The first-order chi connectivity index (χ1) is 13.1. The number of fused-ring (bicyclic) bond motifs is 1. The summed E-state index contributed by atoms with van der Waals surface area (Å²) in [5, 5.41) is 12.3. The van der Waals surface area contributed by atoms with Crippen molar-refractivity contribution in [3.05, 3.63) is 77.1 Å². The molecular formula is C20H12ClN5O. The number of anilines is 1. The first-order valence-electron chi connectivity index (χ1n) is 8.05. The predicted molar refractivity (Wildman–Crippen MR) is 103 cm³/mol. The van der Waals surface area contributed by atoms with E-state index >= 15 is 0 Å². The fourth-order valence-electron chi connectivity index (χ4n) is 2.69. The molecule has 0 saturated carbocycles. The third-order valence-corrected chi connectivity index (χ3v) is 4.34. The van der Waals surface area contributed by atoms with E-state index in [2.05, 4.69) is 26.3 Å². The number of carbonyl (C=O) groups excluding carboxylic acids is 1. The summed E-state index contributed by atoms with van der Waals surface area (Å²) in [6.07, 6.45) is 3.11. The Balaban J connectivity index is 1.68. The van der Waals surface area contributed by atoms with Crippen LogP contribution >= 0.6 is 11.6 Å². The van der Waals surface area contributed by atoms with Crippen molar-refractivity contribution in [1.29, 1.82) is 5.26 Å². The van der Waals surface area contributed by atoms with Gasteiger partial charge < -0.3 is 10.3 Å². The lowest BCUT2D eigenvalue weighted by molar-refractivity contribution is 0.102. The maximum absolute atomic E-state index is 12.3. The Hall–Kier alpha value is -3.69. The number of halogens is 1. The topological polar surface area (TPSA) is 94.5 Å². The van der Waals surface area contributed by atoms with Crippen LogP contribution < -0.4 is 5.32 Å². The molecular weight excluding hydrogens is 362 g/mol. The second-order valence-corrected chi connectivity index (χ2v) is 6.23. The molecule has 0 aliphatic carbocycles. The van der Waals surface area contributed by atoms with Crippen molar-refractivity contribution < 1.29 is 4.79 Å². The summed E-state index contributed by atoms with van der Waals surface area (Å²) in [6, 6.07) is 15.9. The number of rotatable bonds is 3. The zero-order chi connectivity index (χ0) is 18.8. The lowest BCUT2D eigenvalue weighted by atomic mass is 10.1. The van der Waals surface area contributed by atoms with Crippen molar-refractivity contribution >= 4 is 34.2 Å². The lowest BCUT2D eigenvalue weighted by Gasteiger charge is -2.08.